The minimum atomic E-state index is -1.10. The van der Waals surface area contributed by atoms with Crippen LogP contribution < -0.4 is 15.4 Å². The van der Waals surface area contributed by atoms with Gasteiger partial charge >= 0.3 is 5.97 Å². The molecule has 2 aromatic carbocycles. The summed E-state index contributed by atoms with van der Waals surface area (Å²) in [6, 6.07) is 10.9. The molecule has 0 aromatic heterocycles. The zero-order valence-electron chi connectivity index (χ0n) is 18.2. The van der Waals surface area contributed by atoms with Gasteiger partial charge in [0.1, 0.15) is 11.8 Å². The maximum absolute atomic E-state index is 12.7. The molecule has 0 saturated carbocycles. The van der Waals surface area contributed by atoms with Crippen LogP contribution in [0, 0.1) is 12.8 Å². The number of amides is 2. The molecule has 8 heteroatoms. The molecular weight excluding hydrogens is 420 g/mol. The van der Waals surface area contributed by atoms with E-state index in [0.29, 0.717) is 22.0 Å². The maximum Gasteiger partial charge on any atom is 0.329 e. The summed E-state index contributed by atoms with van der Waals surface area (Å²) in [5.74, 6) is -1.47. The summed E-state index contributed by atoms with van der Waals surface area (Å²) in [5, 5.41) is 5.75. The van der Waals surface area contributed by atoms with Crippen LogP contribution in [0.2, 0.25) is 5.02 Å². The Hall–Kier alpha value is -3.06. The molecule has 166 valence electrons. The van der Waals surface area contributed by atoms with Crippen LogP contribution in [0.1, 0.15) is 36.7 Å². The molecule has 2 N–H and O–H groups in total. The van der Waals surface area contributed by atoms with Gasteiger partial charge in [-0.25, -0.2) is 4.79 Å². The van der Waals surface area contributed by atoms with Crippen LogP contribution in [0.25, 0.3) is 0 Å². The first-order valence-electron chi connectivity index (χ1n) is 9.84. The number of ether oxygens (including phenoxy) is 2. The first kappa shape index (κ1) is 24.2. The molecule has 0 fully saturated rings. The first-order valence-corrected chi connectivity index (χ1v) is 10.2. The summed E-state index contributed by atoms with van der Waals surface area (Å²) in [5.41, 5.74) is 1.73. The highest BCUT2D eigenvalue weighted by atomic mass is 35.5. The molecule has 0 bridgehead atoms. The van der Waals surface area contributed by atoms with E-state index in [1.807, 2.05) is 13.0 Å². The predicted octanol–water partition coefficient (Wildman–Crippen LogP) is 3.98. The molecule has 2 amide bonds. The van der Waals surface area contributed by atoms with Crippen LogP contribution in [0.5, 0.6) is 5.75 Å². The summed E-state index contributed by atoms with van der Waals surface area (Å²) in [4.78, 5) is 37.8. The molecule has 0 saturated heterocycles. The Bertz CT molecular complexity index is 961. The minimum absolute atomic E-state index is 0.246. The SMILES string of the molecule is COc1ccc(Cl)cc1NC(=O)C(C)OC(=O)[C@@H](NC(=O)c1cccc(C)c1)C(C)C. The minimum Gasteiger partial charge on any atom is -0.495 e. The van der Waals surface area contributed by atoms with Crippen molar-refractivity contribution in [3.8, 4) is 5.75 Å². The predicted molar refractivity (Wildman–Crippen MR) is 119 cm³/mol. The van der Waals surface area contributed by atoms with Crippen LogP contribution in [0.4, 0.5) is 5.69 Å². The van der Waals surface area contributed by atoms with Crippen molar-refractivity contribution in [1.82, 2.24) is 5.32 Å². The van der Waals surface area contributed by atoms with Gasteiger partial charge < -0.3 is 20.1 Å². The van der Waals surface area contributed by atoms with E-state index in [2.05, 4.69) is 10.6 Å². The molecule has 0 aliphatic heterocycles. The molecule has 0 aliphatic carbocycles. The van der Waals surface area contributed by atoms with E-state index < -0.39 is 24.0 Å². The number of rotatable bonds is 8. The number of anilines is 1. The van der Waals surface area contributed by atoms with Crippen molar-refractivity contribution < 1.29 is 23.9 Å². The molecule has 0 aliphatic rings. The van der Waals surface area contributed by atoms with Gasteiger partial charge in [0, 0.05) is 10.6 Å². The molecule has 31 heavy (non-hydrogen) atoms. The second-order valence-electron chi connectivity index (χ2n) is 7.48. The summed E-state index contributed by atoms with van der Waals surface area (Å²) in [7, 11) is 1.46. The van der Waals surface area contributed by atoms with Crippen LogP contribution in [-0.2, 0) is 14.3 Å². The highest BCUT2D eigenvalue weighted by Gasteiger charge is 2.29. The van der Waals surface area contributed by atoms with E-state index in [1.165, 1.54) is 20.1 Å². The van der Waals surface area contributed by atoms with E-state index >= 15 is 0 Å². The Morgan fingerprint density at radius 1 is 1.03 bits per heavy atom. The van der Waals surface area contributed by atoms with Gasteiger partial charge in [-0.15, -0.1) is 0 Å². The Morgan fingerprint density at radius 2 is 1.74 bits per heavy atom. The van der Waals surface area contributed by atoms with Crippen molar-refractivity contribution in [1.29, 1.82) is 0 Å². The Labute approximate surface area is 187 Å². The second kappa shape index (κ2) is 10.8. The average molecular weight is 447 g/mol. The fourth-order valence-electron chi connectivity index (χ4n) is 2.82. The van der Waals surface area contributed by atoms with Gasteiger partial charge in [0.05, 0.1) is 12.8 Å². The second-order valence-corrected chi connectivity index (χ2v) is 7.91. The van der Waals surface area contributed by atoms with Crippen molar-refractivity contribution in [3.63, 3.8) is 0 Å². The number of methoxy groups -OCH3 is 1. The van der Waals surface area contributed by atoms with Gasteiger partial charge in [-0.3, -0.25) is 9.59 Å². The van der Waals surface area contributed by atoms with E-state index in [9.17, 15) is 14.4 Å². The third-order valence-corrected chi connectivity index (χ3v) is 4.80. The van der Waals surface area contributed by atoms with Gasteiger partial charge in [0.25, 0.3) is 11.8 Å². The van der Waals surface area contributed by atoms with Crippen molar-refractivity contribution in [2.24, 2.45) is 5.92 Å². The van der Waals surface area contributed by atoms with Crippen molar-refractivity contribution in [2.45, 2.75) is 39.8 Å². The van der Waals surface area contributed by atoms with Crippen molar-refractivity contribution in [3.05, 3.63) is 58.6 Å². The van der Waals surface area contributed by atoms with Gasteiger partial charge in [0.15, 0.2) is 6.10 Å². The van der Waals surface area contributed by atoms with Crippen LogP contribution in [0.3, 0.4) is 0 Å². The largest absolute Gasteiger partial charge is 0.495 e. The third kappa shape index (κ3) is 6.72. The molecule has 2 rings (SSSR count). The summed E-state index contributed by atoms with van der Waals surface area (Å²) in [6.45, 7) is 6.89. The smallest absolute Gasteiger partial charge is 0.329 e. The molecule has 2 aromatic rings. The molecule has 0 spiro atoms. The van der Waals surface area contributed by atoms with Crippen LogP contribution in [0.15, 0.2) is 42.5 Å². The highest BCUT2D eigenvalue weighted by Crippen LogP contribution is 2.27. The number of benzene rings is 2. The van der Waals surface area contributed by atoms with E-state index in [1.54, 1.807) is 44.2 Å². The fraction of sp³-hybridized carbons (Fsp3) is 0.348. The monoisotopic (exact) mass is 446 g/mol. The van der Waals surface area contributed by atoms with Gasteiger partial charge in [-0.1, -0.05) is 43.1 Å². The lowest BCUT2D eigenvalue weighted by Gasteiger charge is -2.23. The number of hydrogen-bond donors (Lipinski definition) is 2. The number of carbonyl (C=O) groups is 3. The molecule has 2 atom stereocenters. The number of esters is 1. The Morgan fingerprint density at radius 3 is 2.35 bits per heavy atom. The Balaban J connectivity index is 2.05. The number of aryl methyl sites for hydroxylation is 1. The van der Waals surface area contributed by atoms with E-state index in [0.717, 1.165) is 5.56 Å². The molecule has 0 heterocycles. The van der Waals surface area contributed by atoms with Crippen LogP contribution in [-0.4, -0.2) is 37.0 Å². The lowest BCUT2D eigenvalue weighted by Crippen LogP contribution is -2.47. The van der Waals surface area contributed by atoms with E-state index in [4.69, 9.17) is 21.1 Å². The zero-order chi connectivity index (χ0) is 23.1. The third-order valence-electron chi connectivity index (χ3n) is 4.57. The van der Waals surface area contributed by atoms with Gasteiger partial charge in [-0.05, 0) is 50.1 Å². The molecule has 7 nitrogen and oxygen atoms in total. The topological polar surface area (TPSA) is 93.7 Å². The normalized spacial score (nSPS) is 12.6. The lowest BCUT2D eigenvalue weighted by molar-refractivity contribution is -0.156. The standard InChI is InChI=1S/C23H27ClN2O5/c1-13(2)20(26-22(28)16-8-6-7-14(3)11-16)23(29)31-15(4)21(27)25-18-12-17(24)9-10-19(18)30-5/h6-13,15,20H,1-5H3,(H,25,27)(H,26,28)/t15?,20-/m0/s1. The number of halogens is 1. The maximum atomic E-state index is 12.7. The zero-order valence-corrected chi connectivity index (χ0v) is 18.9. The molecule has 0 radical (unpaired) electrons. The molecule has 1 unspecified atom stereocenters. The summed E-state index contributed by atoms with van der Waals surface area (Å²) >= 11 is 5.97. The van der Waals surface area contributed by atoms with Crippen LogP contribution >= 0.6 is 11.6 Å². The average Bonchev–Trinajstić information content (AvgIpc) is 2.71. The number of nitrogens with one attached hydrogen (secondary N) is 2. The summed E-state index contributed by atoms with van der Waals surface area (Å²) < 4.78 is 10.5. The van der Waals surface area contributed by atoms with Gasteiger partial charge in [-0.2, -0.15) is 0 Å². The highest BCUT2D eigenvalue weighted by molar-refractivity contribution is 6.31. The quantitative estimate of drug-likeness (QED) is 0.598. The van der Waals surface area contributed by atoms with Crippen molar-refractivity contribution >= 4 is 35.1 Å². The van der Waals surface area contributed by atoms with E-state index in [-0.39, 0.29) is 11.8 Å². The first-order chi connectivity index (χ1) is 14.6. The van der Waals surface area contributed by atoms with Gasteiger partial charge in [0.2, 0.25) is 0 Å². The van der Waals surface area contributed by atoms with Crippen molar-refractivity contribution in [2.75, 3.05) is 12.4 Å². The number of carbonyl (C=O) groups excluding carboxylic acids is 3. The Kier molecular flexibility index (Phi) is 8.45. The lowest BCUT2D eigenvalue weighted by atomic mass is 10.0. The molecular formula is C23H27ClN2O5. The number of hydrogen-bond acceptors (Lipinski definition) is 5. The fourth-order valence-corrected chi connectivity index (χ4v) is 2.99. The summed E-state index contributed by atoms with van der Waals surface area (Å²) in [6.07, 6.45) is -1.10.